The molecule has 12 rings (SSSR count). The Morgan fingerprint density at radius 3 is 2.21 bits per heavy atom. The third-order valence-corrected chi connectivity index (χ3v) is 14.9. The van der Waals surface area contributed by atoms with Crippen molar-refractivity contribution in [3.05, 3.63) is 215 Å². The number of hydrogen-bond acceptors (Lipinski definition) is 3. The number of allylic oxidation sites excluding steroid dienone is 4. The second-order valence-electron chi connectivity index (χ2n) is 18.4. The standard InChI is InChI=1S/C59H54N4/c1-62-57(41-22-8-3-9-23-41)60-56(40-20-6-2-7-21-40)61-58(62)44-26-18-24-42(38-44)43-25-19-31-47(39-43)63-53-35-17-15-32-48(53)49-36-37-52-54(55(49)63)50-33-14-16-34-51(50)59(52,45-27-10-4-11-28-45)46-29-12-5-13-30-46/h3-4,6,8-12,14,16-20,22-29,31,33-40,46,56,58,61H,2,5,7,13,15,21,30,32H2,1H3. The molecule has 5 atom stereocenters. The molecule has 5 unspecified atom stereocenters. The summed E-state index contributed by atoms with van der Waals surface area (Å²) in [5.74, 6) is 1.78. The van der Waals surface area contributed by atoms with Gasteiger partial charge in [0.05, 0.1) is 10.9 Å². The predicted octanol–water partition coefficient (Wildman–Crippen LogP) is 13.6. The highest BCUT2D eigenvalue weighted by Crippen LogP contribution is 2.60. The molecule has 63 heavy (non-hydrogen) atoms. The summed E-state index contributed by atoms with van der Waals surface area (Å²) >= 11 is 0. The maximum atomic E-state index is 5.37. The lowest BCUT2D eigenvalue weighted by molar-refractivity contribution is 0.224. The lowest BCUT2D eigenvalue weighted by Crippen LogP contribution is -2.51. The van der Waals surface area contributed by atoms with Gasteiger partial charge in [-0.2, -0.15) is 0 Å². The summed E-state index contributed by atoms with van der Waals surface area (Å²) in [6.07, 6.45) is 23.6. The molecule has 0 bridgehead atoms. The zero-order valence-electron chi connectivity index (χ0n) is 36.1. The summed E-state index contributed by atoms with van der Waals surface area (Å²) in [4.78, 5) is 7.70. The Kier molecular flexibility index (Phi) is 9.52. The van der Waals surface area contributed by atoms with Crippen molar-refractivity contribution < 1.29 is 0 Å². The van der Waals surface area contributed by atoms with Crippen molar-refractivity contribution >= 4 is 22.8 Å². The van der Waals surface area contributed by atoms with E-state index in [1.54, 1.807) is 0 Å². The van der Waals surface area contributed by atoms with Crippen LogP contribution in [0, 0.1) is 11.8 Å². The number of benzene rings is 6. The zero-order chi connectivity index (χ0) is 41.9. The number of amidine groups is 1. The summed E-state index contributed by atoms with van der Waals surface area (Å²) in [6, 6.07) is 54.9. The number of aromatic nitrogens is 1. The molecule has 5 aliphatic rings. The lowest BCUT2D eigenvalue weighted by Gasteiger charge is -2.41. The van der Waals surface area contributed by atoms with E-state index in [4.69, 9.17) is 4.99 Å². The lowest BCUT2D eigenvalue weighted by atomic mass is 9.62. The van der Waals surface area contributed by atoms with E-state index in [0.717, 1.165) is 43.5 Å². The van der Waals surface area contributed by atoms with Crippen LogP contribution in [0.4, 0.5) is 0 Å². The topological polar surface area (TPSA) is 32.6 Å². The van der Waals surface area contributed by atoms with E-state index in [2.05, 4.69) is 204 Å². The molecule has 0 saturated heterocycles. The van der Waals surface area contributed by atoms with Crippen molar-refractivity contribution in [3.8, 4) is 27.9 Å². The van der Waals surface area contributed by atoms with Crippen LogP contribution in [0.15, 0.2) is 181 Å². The third-order valence-electron chi connectivity index (χ3n) is 14.9. The minimum atomic E-state index is -0.274. The summed E-state index contributed by atoms with van der Waals surface area (Å²) in [5, 5.41) is 5.38. The average Bonchev–Trinajstić information content (AvgIpc) is 3.86. The molecule has 4 aliphatic carbocycles. The van der Waals surface area contributed by atoms with E-state index < -0.39 is 0 Å². The Morgan fingerprint density at radius 1 is 0.651 bits per heavy atom. The number of fused-ring (bicyclic) bond motifs is 7. The van der Waals surface area contributed by atoms with Crippen LogP contribution in [-0.2, 0) is 11.8 Å². The van der Waals surface area contributed by atoms with Crippen molar-refractivity contribution in [1.29, 1.82) is 0 Å². The Bertz CT molecular complexity index is 2990. The van der Waals surface area contributed by atoms with Crippen molar-refractivity contribution in [3.63, 3.8) is 0 Å². The third kappa shape index (κ3) is 6.17. The van der Waals surface area contributed by atoms with Crippen LogP contribution in [0.25, 0.3) is 44.9 Å². The Morgan fingerprint density at radius 2 is 1.40 bits per heavy atom. The van der Waals surface area contributed by atoms with Crippen LogP contribution in [0.5, 0.6) is 0 Å². The highest BCUT2D eigenvalue weighted by Gasteiger charge is 2.50. The van der Waals surface area contributed by atoms with Gasteiger partial charge in [0.15, 0.2) is 0 Å². The summed E-state index contributed by atoms with van der Waals surface area (Å²) in [7, 11) is 2.19. The van der Waals surface area contributed by atoms with Gasteiger partial charge in [0.25, 0.3) is 0 Å². The molecule has 310 valence electrons. The average molecular weight is 819 g/mol. The molecule has 0 spiro atoms. The second kappa shape index (κ2) is 15.7. The Hall–Kier alpha value is -6.49. The largest absolute Gasteiger partial charge is 0.340 e. The molecule has 2 heterocycles. The first-order chi connectivity index (χ1) is 31.2. The molecule has 1 N–H and O–H groups in total. The minimum absolute atomic E-state index is 0.00724. The van der Waals surface area contributed by atoms with Crippen LogP contribution < -0.4 is 5.32 Å². The molecule has 0 amide bonds. The van der Waals surface area contributed by atoms with E-state index in [-0.39, 0.29) is 17.7 Å². The fraction of sp³-hybridized carbons (Fsp3) is 0.237. The van der Waals surface area contributed by atoms with Gasteiger partial charge < -0.3 is 9.47 Å². The second-order valence-corrected chi connectivity index (χ2v) is 18.4. The number of rotatable bonds is 7. The van der Waals surface area contributed by atoms with E-state index in [9.17, 15) is 0 Å². The zero-order valence-corrected chi connectivity index (χ0v) is 36.1. The number of aryl methyl sites for hydroxylation is 1. The monoisotopic (exact) mass is 818 g/mol. The molecular weight excluding hydrogens is 765 g/mol. The molecule has 0 radical (unpaired) electrons. The fourth-order valence-electron chi connectivity index (χ4n) is 12.1. The molecule has 7 aromatic rings. The molecule has 6 aromatic carbocycles. The van der Waals surface area contributed by atoms with Gasteiger partial charge in [0, 0.05) is 40.9 Å². The van der Waals surface area contributed by atoms with Gasteiger partial charge in [0.1, 0.15) is 18.2 Å². The van der Waals surface area contributed by atoms with Gasteiger partial charge in [-0.3, -0.25) is 5.32 Å². The van der Waals surface area contributed by atoms with Crippen LogP contribution >= 0.6 is 0 Å². The summed E-state index contributed by atoms with van der Waals surface area (Å²) in [5.41, 5.74) is 16.9. The van der Waals surface area contributed by atoms with Gasteiger partial charge in [-0.25, -0.2) is 4.99 Å². The van der Waals surface area contributed by atoms with Gasteiger partial charge in [-0.15, -0.1) is 0 Å². The van der Waals surface area contributed by atoms with Crippen molar-refractivity contribution in [2.75, 3.05) is 7.05 Å². The van der Waals surface area contributed by atoms with E-state index in [1.165, 1.54) is 91.6 Å². The minimum Gasteiger partial charge on any atom is -0.340 e. The Labute approximate surface area is 372 Å². The SMILES string of the molecule is CN1C(c2ccccc2)=NC(C2C=CCCC2)NC1c1cccc(-c2cccc(-n3c4c(c5ccc6c(c53)-c3ccccc3C6(c3ccccc3)C3C=CCCC3)CCC=C4)c2)c1. The van der Waals surface area contributed by atoms with Crippen LogP contribution in [-0.4, -0.2) is 28.5 Å². The van der Waals surface area contributed by atoms with Gasteiger partial charge in [-0.1, -0.05) is 158 Å². The van der Waals surface area contributed by atoms with Gasteiger partial charge in [0.2, 0.25) is 0 Å². The molecule has 1 aliphatic heterocycles. The number of hydrogen-bond donors (Lipinski definition) is 1. The maximum absolute atomic E-state index is 5.37. The normalized spacial score (nSPS) is 23.6. The summed E-state index contributed by atoms with van der Waals surface area (Å²) in [6.45, 7) is 0. The number of aliphatic imine (C=N–C) groups is 1. The Balaban J connectivity index is 1.01. The van der Waals surface area contributed by atoms with Crippen LogP contribution in [0.3, 0.4) is 0 Å². The predicted molar refractivity (Wildman–Crippen MR) is 261 cm³/mol. The highest BCUT2D eigenvalue weighted by molar-refractivity contribution is 6.06. The number of nitrogens with zero attached hydrogens (tertiary/aromatic N) is 3. The summed E-state index contributed by atoms with van der Waals surface area (Å²) < 4.78 is 2.61. The van der Waals surface area contributed by atoms with Gasteiger partial charge >= 0.3 is 0 Å². The quantitative estimate of drug-likeness (QED) is 0.163. The first kappa shape index (κ1) is 38.2. The first-order valence-electron chi connectivity index (χ1n) is 23.4. The van der Waals surface area contributed by atoms with Crippen LogP contribution in [0.1, 0.15) is 90.2 Å². The molecule has 4 heteroatoms. The molecule has 0 fully saturated rings. The van der Waals surface area contributed by atoms with Crippen molar-refractivity contribution in [1.82, 2.24) is 14.8 Å². The van der Waals surface area contributed by atoms with Crippen LogP contribution in [0.2, 0.25) is 0 Å². The molecule has 1 aromatic heterocycles. The van der Waals surface area contributed by atoms with Gasteiger partial charge in [-0.05, 0) is 126 Å². The maximum Gasteiger partial charge on any atom is 0.133 e. The molecule has 4 nitrogen and oxygen atoms in total. The highest BCUT2D eigenvalue weighted by atomic mass is 15.4. The van der Waals surface area contributed by atoms with Crippen molar-refractivity contribution in [2.24, 2.45) is 16.8 Å². The van der Waals surface area contributed by atoms with E-state index in [1.807, 2.05) is 0 Å². The number of nitrogens with one attached hydrogen (secondary N) is 1. The first-order valence-corrected chi connectivity index (χ1v) is 23.4. The van der Waals surface area contributed by atoms with E-state index in [0.29, 0.717) is 11.8 Å². The fourth-order valence-corrected chi connectivity index (χ4v) is 12.1. The molecule has 0 saturated carbocycles. The van der Waals surface area contributed by atoms with Crippen molar-refractivity contribution in [2.45, 2.75) is 69.1 Å². The molecular formula is C59H54N4. The van der Waals surface area contributed by atoms with E-state index >= 15 is 0 Å². The smallest absolute Gasteiger partial charge is 0.133 e.